The predicted molar refractivity (Wildman–Crippen MR) is 72.2 cm³/mol. The third-order valence-corrected chi connectivity index (χ3v) is 3.52. The summed E-state index contributed by atoms with van der Waals surface area (Å²) in [4.78, 5) is 16.7. The summed E-state index contributed by atoms with van der Waals surface area (Å²) in [6, 6.07) is 7.06. The maximum absolute atomic E-state index is 11.8. The van der Waals surface area contributed by atoms with Crippen molar-refractivity contribution in [3.05, 3.63) is 52.5 Å². The summed E-state index contributed by atoms with van der Waals surface area (Å²) in [5, 5.41) is 4.75. The highest BCUT2D eigenvalue weighted by molar-refractivity contribution is 7.10. The fourth-order valence-corrected chi connectivity index (χ4v) is 2.31. The van der Waals surface area contributed by atoms with Crippen LogP contribution in [0.15, 0.2) is 42.0 Å². The molecule has 4 nitrogen and oxygen atoms in total. The van der Waals surface area contributed by atoms with Crippen molar-refractivity contribution >= 4 is 17.2 Å². The number of carbonyl (C=O) groups excluding carboxylic acids is 1. The monoisotopic (exact) mass is 261 g/mol. The molecule has 1 atom stereocenters. The Kier molecular flexibility index (Phi) is 4.44. The van der Waals surface area contributed by atoms with Gasteiger partial charge in [0.2, 0.25) is 5.91 Å². The lowest BCUT2D eigenvalue weighted by Gasteiger charge is -2.10. The second kappa shape index (κ2) is 6.28. The summed E-state index contributed by atoms with van der Waals surface area (Å²) < 4.78 is 0. The Morgan fingerprint density at radius 1 is 1.44 bits per heavy atom. The van der Waals surface area contributed by atoms with Crippen LogP contribution in [0.4, 0.5) is 0 Å². The van der Waals surface area contributed by atoms with Crippen molar-refractivity contribution in [2.75, 3.05) is 6.54 Å². The lowest BCUT2D eigenvalue weighted by atomic mass is 10.2. The van der Waals surface area contributed by atoms with Gasteiger partial charge in [0.1, 0.15) is 6.04 Å². The van der Waals surface area contributed by atoms with Gasteiger partial charge in [-0.15, -0.1) is 11.3 Å². The van der Waals surface area contributed by atoms with Gasteiger partial charge in [0.15, 0.2) is 0 Å². The number of rotatable bonds is 5. The van der Waals surface area contributed by atoms with Gasteiger partial charge in [0.25, 0.3) is 0 Å². The Balaban J connectivity index is 1.79. The van der Waals surface area contributed by atoms with Crippen LogP contribution in [0.3, 0.4) is 0 Å². The van der Waals surface area contributed by atoms with Crippen LogP contribution < -0.4 is 11.1 Å². The van der Waals surface area contributed by atoms with E-state index in [-0.39, 0.29) is 5.91 Å². The lowest BCUT2D eigenvalue weighted by molar-refractivity contribution is -0.122. The van der Waals surface area contributed by atoms with Crippen molar-refractivity contribution in [3.8, 4) is 0 Å². The molecule has 18 heavy (non-hydrogen) atoms. The van der Waals surface area contributed by atoms with Crippen molar-refractivity contribution in [2.45, 2.75) is 12.5 Å². The molecule has 2 heterocycles. The number of aromatic nitrogens is 1. The minimum Gasteiger partial charge on any atom is -0.354 e. The molecule has 2 aromatic heterocycles. The number of nitrogens with two attached hydrogens (primary N) is 1. The SMILES string of the molecule is NC(C(=O)NCCc1cccnc1)c1cccs1. The predicted octanol–water partition coefficient (Wildman–Crippen LogP) is 1.50. The van der Waals surface area contributed by atoms with Crippen LogP contribution in [0.5, 0.6) is 0 Å². The molecule has 0 saturated heterocycles. The van der Waals surface area contributed by atoms with E-state index in [1.54, 1.807) is 12.4 Å². The Hall–Kier alpha value is -1.72. The smallest absolute Gasteiger partial charge is 0.242 e. The number of hydrogen-bond donors (Lipinski definition) is 2. The summed E-state index contributed by atoms with van der Waals surface area (Å²) in [6.45, 7) is 0.573. The van der Waals surface area contributed by atoms with Crippen LogP contribution in [-0.4, -0.2) is 17.4 Å². The van der Waals surface area contributed by atoms with Crippen molar-refractivity contribution in [2.24, 2.45) is 5.73 Å². The number of pyridine rings is 1. The molecule has 3 N–H and O–H groups in total. The Labute approximate surface area is 110 Å². The lowest BCUT2D eigenvalue weighted by Crippen LogP contribution is -2.34. The Morgan fingerprint density at radius 2 is 2.33 bits per heavy atom. The molecular weight excluding hydrogens is 246 g/mol. The van der Waals surface area contributed by atoms with Gasteiger partial charge in [-0.25, -0.2) is 0 Å². The molecule has 0 aliphatic heterocycles. The zero-order valence-electron chi connectivity index (χ0n) is 9.87. The van der Waals surface area contributed by atoms with Crippen LogP contribution in [0, 0.1) is 0 Å². The van der Waals surface area contributed by atoms with Crippen LogP contribution >= 0.6 is 11.3 Å². The van der Waals surface area contributed by atoms with E-state index in [0.29, 0.717) is 6.54 Å². The first-order valence-corrected chi connectivity index (χ1v) is 6.61. The minimum atomic E-state index is -0.570. The first-order chi connectivity index (χ1) is 8.77. The molecule has 0 spiro atoms. The van der Waals surface area contributed by atoms with Gasteiger partial charge in [-0.05, 0) is 29.5 Å². The van der Waals surface area contributed by atoms with Gasteiger partial charge >= 0.3 is 0 Å². The second-order valence-corrected chi connectivity index (χ2v) is 4.87. The van der Waals surface area contributed by atoms with Crippen molar-refractivity contribution in [3.63, 3.8) is 0 Å². The summed E-state index contributed by atoms with van der Waals surface area (Å²) >= 11 is 1.49. The van der Waals surface area contributed by atoms with E-state index in [0.717, 1.165) is 16.9 Å². The maximum atomic E-state index is 11.8. The molecular formula is C13H15N3OS. The van der Waals surface area contributed by atoms with E-state index in [4.69, 9.17) is 5.73 Å². The van der Waals surface area contributed by atoms with Gasteiger partial charge in [0.05, 0.1) is 0 Å². The molecule has 0 aliphatic carbocycles. The summed E-state index contributed by atoms with van der Waals surface area (Å²) in [7, 11) is 0. The first-order valence-electron chi connectivity index (χ1n) is 5.73. The summed E-state index contributed by atoms with van der Waals surface area (Å²) in [5.74, 6) is -0.138. The van der Waals surface area contributed by atoms with Gasteiger partial charge in [-0.2, -0.15) is 0 Å². The van der Waals surface area contributed by atoms with E-state index in [9.17, 15) is 4.79 Å². The standard InChI is InChI=1S/C13H15N3OS/c14-12(11-4-2-8-18-11)13(17)16-7-5-10-3-1-6-15-9-10/h1-4,6,8-9,12H,5,7,14H2,(H,16,17). The van der Waals surface area contributed by atoms with Gasteiger partial charge in [-0.3, -0.25) is 9.78 Å². The van der Waals surface area contributed by atoms with Crippen LogP contribution in [0.1, 0.15) is 16.5 Å². The fraction of sp³-hybridized carbons (Fsp3) is 0.231. The van der Waals surface area contributed by atoms with E-state index >= 15 is 0 Å². The van der Waals surface area contributed by atoms with Crippen molar-refractivity contribution in [1.29, 1.82) is 0 Å². The van der Waals surface area contributed by atoms with Crippen LogP contribution in [0.2, 0.25) is 0 Å². The molecule has 5 heteroatoms. The minimum absolute atomic E-state index is 0.138. The Morgan fingerprint density at radius 3 is 3.00 bits per heavy atom. The van der Waals surface area contributed by atoms with Gasteiger partial charge in [-0.1, -0.05) is 12.1 Å². The topological polar surface area (TPSA) is 68.0 Å². The third-order valence-electron chi connectivity index (χ3n) is 2.57. The van der Waals surface area contributed by atoms with Crippen LogP contribution in [-0.2, 0) is 11.2 Å². The average Bonchev–Trinajstić information content (AvgIpc) is 2.93. The highest BCUT2D eigenvalue weighted by atomic mass is 32.1. The summed E-state index contributed by atoms with van der Waals surface area (Å²) in [6.07, 6.45) is 4.29. The average molecular weight is 261 g/mol. The molecule has 0 aliphatic rings. The number of carbonyl (C=O) groups is 1. The molecule has 0 bridgehead atoms. The highest BCUT2D eigenvalue weighted by Gasteiger charge is 2.15. The number of amides is 1. The maximum Gasteiger partial charge on any atom is 0.242 e. The molecule has 0 aromatic carbocycles. The fourth-order valence-electron chi connectivity index (χ4n) is 1.58. The molecule has 0 saturated carbocycles. The molecule has 1 unspecified atom stereocenters. The third kappa shape index (κ3) is 3.38. The van der Waals surface area contributed by atoms with E-state index in [2.05, 4.69) is 10.3 Å². The molecule has 0 radical (unpaired) electrons. The van der Waals surface area contributed by atoms with E-state index in [1.165, 1.54) is 11.3 Å². The second-order valence-electron chi connectivity index (χ2n) is 3.90. The molecule has 94 valence electrons. The first kappa shape index (κ1) is 12.7. The normalized spacial score (nSPS) is 12.1. The zero-order valence-corrected chi connectivity index (χ0v) is 10.7. The zero-order chi connectivity index (χ0) is 12.8. The molecule has 2 aromatic rings. The van der Waals surface area contributed by atoms with Crippen molar-refractivity contribution < 1.29 is 4.79 Å². The number of thiophene rings is 1. The quantitative estimate of drug-likeness (QED) is 0.857. The van der Waals surface area contributed by atoms with Gasteiger partial charge in [0, 0.05) is 23.8 Å². The molecule has 2 rings (SSSR count). The largest absolute Gasteiger partial charge is 0.354 e. The van der Waals surface area contributed by atoms with E-state index < -0.39 is 6.04 Å². The van der Waals surface area contributed by atoms with Gasteiger partial charge < -0.3 is 11.1 Å². The number of nitrogens with one attached hydrogen (secondary N) is 1. The number of hydrogen-bond acceptors (Lipinski definition) is 4. The van der Waals surface area contributed by atoms with Crippen molar-refractivity contribution in [1.82, 2.24) is 10.3 Å². The molecule has 1 amide bonds. The van der Waals surface area contributed by atoms with Crippen LogP contribution in [0.25, 0.3) is 0 Å². The molecule has 0 fully saturated rings. The highest BCUT2D eigenvalue weighted by Crippen LogP contribution is 2.16. The summed E-state index contributed by atoms with van der Waals surface area (Å²) in [5.41, 5.74) is 6.95. The Bertz CT molecular complexity index is 484. The number of nitrogens with zero attached hydrogens (tertiary/aromatic N) is 1. The van der Waals surface area contributed by atoms with E-state index in [1.807, 2.05) is 29.6 Å².